The fourth-order valence-corrected chi connectivity index (χ4v) is 3.11. The van der Waals surface area contributed by atoms with E-state index in [4.69, 9.17) is 5.11 Å². The fraction of sp³-hybridized carbons (Fsp3) is 0.389. The number of hydrogen-bond donors (Lipinski definition) is 1. The van der Waals surface area contributed by atoms with E-state index in [0.717, 1.165) is 38.5 Å². The Balaban J connectivity index is 1.66. The van der Waals surface area contributed by atoms with Crippen LogP contribution in [0.25, 0.3) is 0 Å². The second kappa shape index (κ2) is 7.40. The first-order valence-electron chi connectivity index (χ1n) is 8.18. The van der Waals surface area contributed by atoms with Gasteiger partial charge in [-0.25, -0.2) is 14.8 Å². The number of carboxylic acids is 1. The van der Waals surface area contributed by atoms with Crippen molar-refractivity contribution in [1.29, 1.82) is 0 Å². The van der Waals surface area contributed by atoms with Crippen molar-refractivity contribution >= 4 is 11.8 Å². The Morgan fingerprint density at radius 3 is 2.62 bits per heavy atom. The van der Waals surface area contributed by atoms with Crippen LogP contribution in [-0.4, -0.2) is 52.1 Å². The van der Waals surface area contributed by atoms with Crippen molar-refractivity contribution in [2.75, 3.05) is 31.1 Å². The summed E-state index contributed by atoms with van der Waals surface area (Å²) in [6.45, 7) is 6.91. The smallest absolute Gasteiger partial charge is 0.356 e. The monoisotopic (exact) mass is 326 g/mol. The van der Waals surface area contributed by atoms with Crippen molar-refractivity contribution in [1.82, 2.24) is 14.9 Å². The summed E-state index contributed by atoms with van der Waals surface area (Å²) >= 11 is 0. The molecule has 0 spiro atoms. The first-order chi connectivity index (χ1) is 11.6. The highest BCUT2D eigenvalue weighted by Crippen LogP contribution is 2.17. The molecule has 1 fully saturated rings. The largest absolute Gasteiger partial charge is 0.476 e. The predicted molar refractivity (Wildman–Crippen MR) is 92.1 cm³/mol. The zero-order valence-corrected chi connectivity index (χ0v) is 13.8. The van der Waals surface area contributed by atoms with Crippen LogP contribution in [0.1, 0.15) is 23.0 Å². The van der Waals surface area contributed by atoms with Gasteiger partial charge in [-0.15, -0.1) is 0 Å². The zero-order chi connectivity index (χ0) is 16.9. The van der Waals surface area contributed by atoms with Crippen LogP contribution in [0.5, 0.6) is 0 Å². The lowest BCUT2D eigenvalue weighted by Crippen LogP contribution is -2.31. The number of rotatable bonds is 4. The summed E-state index contributed by atoms with van der Waals surface area (Å²) in [5.74, 6) is 0.192. The highest BCUT2D eigenvalue weighted by Gasteiger charge is 2.21. The SMILES string of the molecule is CC1CN(Cc2ccccc2)CCN(c2cnc(C(=O)O)cn2)C1. The van der Waals surface area contributed by atoms with Gasteiger partial charge in [0, 0.05) is 32.7 Å². The van der Waals surface area contributed by atoms with Crippen molar-refractivity contribution in [3.8, 4) is 0 Å². The van der Waals surface area contributed by atoms with E-state index in [2.05, 4.69) is 51.0 Å². The number of aromatic nitrogens is 2. The summed E-state index contributed by atoms with van der Waals surface area (Å²) in [6, 6.07) is 10.5. The first kappa shape index (κ1) is 16.4. The molecule has 1 aromatic carbocycles. The number of aromatic carboxylic acids is 1. The van der Waals surface area contributed by atoms with Crippen LogP contribution in [-0.2, 0) is 6.54 Å². The summed E-state index contributed by atoms with van der Waals surface area (Å²) in [5, 5.41) is 8.93. The van der Waals surface area contributed by atoms with Gasteiger partial charge in [0.15, 0.2) is 5.69 Å². The number of carbonyl (C=O) groups is 1. The Morgan fingerprint density at radius 1 is 1.17 bits per heavy atom. The maximum absolute atomic E-state index is 10.9. The van der Waals surface area contributed by atoms with Crippen molar-refractivity contribution < 1.29 is 9.90 Å². The Labute approximate surface area is 141 Å². The molecule has 0 amide bonds. The van der Waals surface area contributed by atoms with Gasteiger partial charge in [-0.05, 0) is 11.5 Å². The quantitative estimate of drug-likeness (QED) is 0.928. The van der Waals surface area contributed by atoms with E-state index in [1.54, 1.807) is 6.20 Å². The third-order valence-electron chi connectivity index (χ3n) is 4.22. The third kappa shape index (κ3) is 4.08. The molecule has 2 aromatic rings. The van der Waals surface area contributed by atoms with E-state index in [1.165, 1.54) is 11.8 Å². The molecule has 1 aliphatic rings. The Hall–Kier alpha value is -2.47. The summed E-state index contributed by atoms with van der Waals surface area (Å²) in [5.41, 5.74) is 1.30. The van der Waals surface area contributed by atoms with Gasteiger partial charge in [-0.1, -0.05) is 37.3 Å². The van der Waals surface area contributed by atoms with E-state index in [-0.39, 0.29) is 5.69 Å². The molecular weight excluding hydrogens is 304 g/mol. The van der Waals surface area contributed by atoms with Crippen molar-refractivity contribution in [2.45, 2.75) is 13.5 Å². The molecule has 0 aliphatic carbocycles. The number of benzene rings is 1. The number of nitrogens with zero attached hydrogens (tertiary/aromatic N) is 4. The molecule has 0 radical (unpaired) electrons. The van der Waals surface area contributed by atoms with Crippen LogP contribution in [0.2, 0.25) is 0 Å². The standard InChI is InChI=1S/C18H22N4O2/c1-14-11-21(13-15-5-3-2-4-6-15)7-8-22(12-14)17-10-19-16(9-20-17)18(23)24/h2-6,9-10,14H,7-8,11-13H2,1H3,(H,23,24). The fourth-order valence-electron chi connectivity index (χ4n) is 3.11. The first-order valence-corrected chi connectivity index (χ1v) is 8.18. The highest BCUT2D eigenvalue weighted by molar-refractivity contribution is 5.84. The van der Waals surface area contributed by atoms with Crippen LogP contribution in [0, 0.1) is 5.92 Å². The average molecular weight is 326 g/mol. The van der Waals surface area contributed by atoms with E-state index in [0.29, 0.717) is 5.92 Å². The molecule has 6 nitrogen and oxygen atoms in total. The van der Waals surface area contributed by atoms with Crippen LogP contribution >= 0.6 is 0 Å². The van der Waals surface area contributed by atoms with E-state index in [1.807, 2.05) is 6.07 Å². The van der Waals surface area contributed by atoms with Crippen LogP contribution in [0.3, 0.4) is 0 Å². The second-order valence-corrected chi connectivity index (χ2v) is 6.34. The summed E-state index contributed by atoms with van der Waals surface area (Å²) in [6.07, 6.45) is 2.89. The van der Waals surface area contributed by atoms with Crippen molar-refractivity contribution in [2.24, 2.45) is 5.92 Å². The maximum Gasteiger partial charge on any atom is 0.356 e. The second-order valence-electron chi connectivity index (χ2n) is 6.34. The summed E-state index contributed by atoms with van der Waals surface area (Å²) < 4.78 is 0. The zero-order valence-electron chi connectivity index (χ0n) is 13.8. The van der Waals surface area contributed by atoms with Gasteiger partial charge in [0.25, 0.3) is 0 Å². The molecule has 126 valence electrons. The molecule has 3 rings (SSSR count). The molecule has 1 saturated heterocycles. The van der Waals surface area contributed by atoms with Gasteiger partial charge >= 0.3 is 5.97 Å². The molecule has 6 heteroatoms. The molecule has 2 heterocycles. The van der Waals surface area contributed by atoms with Gasteiger partial charge < -0.3 is 10.0 Å². The Morgan fingerprint density at radius 2 is 1.96 bits per heavy atom. The van der Waals surface area contributed by atoms with Crippen molar-refractivity contribution in [3.05, 3.63) is 54.0 Å². The average Bonchev–Trinajstić information content (AvgIpc) is 2.77. The topological polar surface area (TPSA) is 69.6 Å². The minimum Gasteiger partial charge on any atom is -0.476 e. The number of carboxylic acid groups (broad SMARTS) is 1. The minimum atomic E-state index is -1.05. The van der Waals surface area contributed by atoms with Gasteiger partial charge in [-0.3, -0.25) is 4.90 Å². The molecule has 1 unspecified atom stereocenters. The van der Waals surface area contributed by atoms with Crippen molar-refractivity contribution in [3.63, 3.8) is 0 Å². The highest BCUT2D eigenvalue weighted by atomic mass is 16.4. The van der Waals surface area contributed by atoms with E-state index in [9.17, 15) is 4.79 Å². The Kier molecular flexibility index (Phi) is 5.05. The third-order valence-corrected chi connectivity index (χ3v) is 4.22. The summed E-state index contributed by atoms with van der Waals surface area (Å²) in [4.78, 5) is 23.8. The van der Waals surface area contributed by atoms with E-state index >= 15 is 0 Å². The molecule has 0 saturated carbocycles. The molecule has 0 bridgehead atoms. The Bertz CT molecular complexity index is 675. The lowest BCUT2D eigenvalue weighted by molar-refractivity contribution is 0.0690. The van der Waals surface area contributed by atoms with E-state index < -0.39 is 5.97 Å². The maximum atomic E-state index is 10.9. The lowest BCUT2D eigenvalue weighted by atomic mass is 10.1. The lowest BCUT2D eigenvalue weighted by Gasteiger charge is -2.22. The molecule has 1 atom stereocenters. The summed E-state index contributed by atoms with van der Waals surface area (Å²) in [7, 11) is 0. The van der Waals surface area contributed by atoms with Crippen LogP contribution in [0.4, 0.5) is 5.82 Å². The molecule has 1 aromatic heterocycles. The number of hydrogen-bond acceptors (Lipinski definition) is 5. The molecule has 24 heavy (non-hydrogen) atoms. The van der Waals surface area contributed by atoms with Crippen LogP contribution < -0.4 is 4.90 Å². The predicted octanol–water partition coefficient (Wildman–Crippen LogP) is 2.13. The molecular formula is C18H22N4O2. The van der Waals surface area contributed by atoms with Crippen LogP contribution in [0.15, 0.2) is 42.7 Å². The normalized spacial score (nSPS) is 19.0. The van der Waals surface area contributed by atoms with Gasteiger partial charge in [0.2, 0.25) is 0 Å². The number of anilines is 1. The molecule has 1 aliphatic heterocycles. The van der Waals surface area contributed by atoms with Gasteiger partial charge in [0.05, 0.1) is 12.4 Å². The minimum absolute atomic E-state index is 0.0210. The molecule has 1 N–H and O–H groups in total. The van der Waals surface area contributed by atoms with Gasteiger partial charge in [-0.2, -0.15) is 0 Å². The van der Waals surface area contributed by atoms with Gasteiger partial charge in [0.1, 0.15) is 5.82 Å².